The van der Waals surface area contributed by atoms with E-state index >= 15 is 0 Å². The van der Waals surface area contributed by atoms with E-state index in [1.807, 2.05) is 77.5 Å². The Balaban J connectivity index is 1.29. The second kappa shape index (κ2) is 16.5. The lowest BCUT2D eigenvalue weighted by atomic mass is 9.79. The molecule has 0 atom stereocenters. The molecule has 0 fully saturated rings. The van der Waals surface area contributed by atoms with E-state index in [1.54, 1.807) is 6.07 Å². The number of hydrogen-bond acceptors (Lipinski definition) is 3. The van der Waals surface area contributed by atoms with Crippen molar-refractivity contribution < 1.29 is 9.22 Å². The summed E-state index contributed by atoms with van der Waals surface area (Å²) >= 11 is 0. The molecule has 0 unspecified atom stereocenters. The van der Waals surface area contributed by atoms with Gasteiger partial charge in [0.1, 0.15) is 11.6 Å². The van der Waals surface area contributed by atoms with Gasteiger partial charge < -0.3 is 5.11 Å². The van der Waals surface area contributed by atoms with Crippen LogP contribution < -0.4 is 0 Å². The van der Waals surface area contributed by atoms with Gasteiger partial charge in [0.2, 0.25) is 0 Å². The number of phenolic OH excluding ortho intramolecular Hbond substituents is 1. The maximum atomic E-state index is 12.5. The molecule has 2 heterocycles. The van der Waals surface area contributed by atoms with Gasteiger partial charge in [-0.15, -0.1) is 0 Å². The lowest BCUT2D eigenvalue weighted by Crippen LogP contribution is -2.17. The lowest BCUT2D eigenvalue weighted by Gasteiger charge is -2.27. The molecule has 0 amide bonds. The number of imidazole rings is 1. The summed E-state index contributed by atoms with van der Waals surface area (Å²) in [6.07, 6.45) is 1.88. The number of hydrogen-bond donors (Lipinski definition) is 1. The Bertz CT molecular complexity index is 3310. The summed E-state index contributed by atoms with van der Waals surface area (Å²) in [7, 11) is 0. The van der Waals surface area contributed by atoms with Gasteiger partial charge in [-0.1, -0.05) is 178 Å². The molecule has 0 saturated carbocycles. The Hall–Kier alpha value is -7.04. The molecule has 0 spiro atoms. The third-order valence-corrected chi connectivity index (χ3v) is 12.5. The molecule has 2 aromatic heterocycles. The van der Waals surface area contributed by atoms with Crippen LogP contribution in [0.3, 0.4) is 0 Å². The minimum atomic E-state index is -2.49. The predicted octanol–water partition coefficient (Wildman–Crippen LogP) is 16.3. The molecule has 7 aromatic carbocycles. The summed E-state index contributed by atoms with van der Waals surface area (Å²) in [5, 5.41) is 12.5. The van der Waals surface area contributed by atoms with Crippen LogP contribution in [0.25, 0.3) is 83.9 Å². The van der Waals surface area contributed by atoms with Crippen molar-refractivity contribution in [1.29, 1.82) is 0 Å². The number of aromatic nitrogens is 3. The number of aryl methyl sites for hydroxylation is 1. The van der Waals surface area contributed by atoms with Gasteiger partial charge >= 0.3 is 0 Å². The van der Waals surface area contributed by atoms with E-state index in [0.717, 1.165) is 72.4 Å². The van der Waals surface area contributed by atoms with Crippen LogP contribution in [0.4, 0.5) is 0 Å². The maximum absolute atomic E-state index is 12.5. The van der Waals surface area contributed by atoms with Crippen molar-refractivity contribution in [3.05, 3.63) is 192 Å². The van der Waals surface area contributed by atoms with Gasteiger partial charge in [0, 0.05) is 27.0 Å². The van der Waals surface area contributed by atoms with Gasteiger partial charge in [-0.3, -0.25) is 9.55 Å². The van der Waals surface area contributed by atoms with Crippen molar-refractivity contribution in [3.63, 3.8) is 0 Å². The summed E-state index contributed by atoms with van der Waals surface area (Å²) in [6, 6.07) is 55.6. The number of phenols is 1. The van der Waals surface area contributed by atoms with Gasteiger partial charge in [-0.25, -0.2) is 4.98 Å². The van der Waals surface area contributed by atoms with Crippen LogP contribution in [-0.2, 0) is 16.2 Å². The highest BCUT2D eigenvalue weighted by Gasteiger charge is 2.29. The molecule has 1 N–H and O–H groups in total. The van der Waals surface area contributed by atoms with Gasteiger partial charge in [0.15, 0.2) is 0 Å². The molecule has 0 aliphatic rings. The van der Waals surface area contributed by atoms with Crippen LogP contribution in [-0.4, -0.2) is 19.6 Å². The van der Waals surface area contributed by atoms with Crippen LogP contribution in [0, 0.1) is 6.85 Å². The van der Waals surface area contributed by atoms with E-state index in [-0.39, 0.29) is 22.1 Å². The minimum absolute atomic E-state index is 0.123. The molecule has 65 heavy (non-hydrogen) atoms. The average molecular weight is 853 g/mol. The second-order valence-corrected chi connectivity index (χ2v) is 20.4. The fraction of sp³-hybridized carbons (Fsp3) is 0.213. The number of aromatic hydroxyl groups is 1. The first-order valence-corrected chi connectivity index (χ1v) is 22.5. The van der Waals surface area contributed by atoms with Crippen LogP contribution in [0.2, 0.25) is 0 Å². The van der Waals surface area contributed by atoms with Crippen molar-refractivity contribution in [2.24, 2.45) is 0 Å². The van der Waals surface area contributed by atoms with Crippen molar-refractivity contribution in [2.45, 2.75) is 85.4 Å². The molecular weight excluding hydrogens is 791 g/mol. The molecular formula is C61H59N3O. The Morgan fingerprint density at radius 1 is 0.477 bits per heavy atom. The van der Waals surface area contributed by atoms with E-state index in [0.29, 0.717) is 22.6 Å². The van der Waals surface area contributed by atoms with E-state index in [2.05, 4.69) is 153 Å². The zero-order valence-electron chi connectivity index (χ0n) is 42.0. The number of rotatable bonds is 7. The van der Waals surface area contributed by atoms with Crippen molar-refractivity contribution in [2.75, 3.05) is 0 Å². The molecule has 9 rings (SSSR count). The predicted molar refractivity (Wildman–Crippen MR) is 274 cm³/mol. The smallest absolute Gasteiger partial charge is 0.149 e. The Kier molecular flexibility index (Phi) is 10.0. The normalized spacial score (nSPS) is 13.1. The molecule has 0 radical (unpaired) electrons. The number of para-hydroxylation sites is 1. The molecule has 0 aliphatic heterocycles. The third-order valence-electron chi connectivity index (χ3n) is 12.5. The first kappa shape index (κ1) is 39.5. The summed E-state index contributed by atoms with van der Waals surface area (Å²) < 4.78 is 28.8. The summed E-state index contributed by atoms with van der Waals surface area (Å²) in [6.45, 7) is 16.9. The maximum Gasteiger partial charge on any atom is 0.149 e. The number of nitrogens with zero attached hydrogens (tertiary/aromatic N) is 3. The SMILES string of the molecule is [2H]C([2H])([2H])c1cc(-c2ccccc2)ccc1-n1c(-c2cc(C(C)(C)C)cc(C(C)(C)C)c2O)nc2c(-c3cc(-c4cc(-c5ccc(-c6ccccc6)cc5)ccn4)cc(C(C)(C)C)c3)cccc21. The minimum Gasteiger partial charge on any atom is -0.507 e. The second-order valence-electron chi connectivity index (χ2n) is 20.4. The quantitative estimate of drug-likeness (QED) is 0.174. The molecule has 4 heteroatoms. The van der Waals surface area contributed by atoms with Gasteiger partial charge in [0.25, 0.3) is 0 Å². The average Bonchev–Trinajstić information content (AvgIpc) is 3.70. The van der Waals surface area contributed by atoms with Crippen molar-refractivity contribution >= 4 is 11.0 Å². The molecule has 0 saturated heterocycles. The van der Waals surface area contributed by atoms with Crippen molar-refractivity contribution in [3.8, 4) is 78.6 Å². The first-order chi connectivity index (χ1) is 32.1. The van der Waals surface area contributed by atoms with Crippen LogP contribution >= 0.6 is 0 Å². The molecule has 0 bridgehead atoms. The van der Waals surface area contributed by atoms with E-state index < -0.39 is 12.3 Å². The zero-order valence-corrected chi connectivity index (χ0v) is 39.0. The highest BCUT2D eigenvalue weighted by Crippen LogP contribution is 2.45. The first-order valence-electron chi connectivity index (χ1n) is 24.0. The van der Waals surface area contributed by atoms with Gasteiger partial charge in [-0.05, 0) is 127 Å². The highest BCUT2D eigenvalue weighted by molar-refractivity contribution is 5.97. The lowest BCUT2D eigenvalue weighted by molar-refractivity contribution is 0.446. The number of benzene rings is 7. The molecule has 4 nitrogen and oxygen atoms in total. The summed E-state index contributed by atoms with van der Waals surface area (Å²) in [5.41, 5.74) is 14.5. The highest BCUT2D eigenvalue weighted by atomic mass is 16.3. The van der Waals surface area contributed by atoms with E-state index in [1.165, 1.54) is 5.56 Å². The Morgan fingerprint density at radius 3 is 1.68 bits per heavy atom. The molecule has 0 aliphatic carbocycles. The summed E-state index contributed by atoms with van der Waals surface area (Å²) in [4.78, 5) is 10.5. The van der Waals surface area contributed by atoms with Crippen LogP contribution in [0.1, 0.15) is 88.7 Å². The third kappa shape index (κ3) is 8.54. The van der Waals surface area contributed by atoms with Crippen LogP contribution in [0.5, 0.6) is 5.75 Å². The number of pyridine rings is 1. The van der Waals surface area contributed by atoms with Gasteiger partial charge in [0.05, 0.1) is 28.0 Å². The number of fused-ring (bicyclic) bond motifs is 1. The zero-order chi connectivity index (χ0) is 48.3. The van der Waals surface area contributed by atoms with Crippen LogP contribution in [0.15, 0.2) is 170 Å². The fourth-order valence-electron chi connectivity index (χ4n) is 8.73. The standard InChI is InChI=1S/C61H59N3O/c1-39-32-44(41-20-15-12-16-21-41)28-29-54(39)64-55-23-17-22-50(56(55)63-58(64)51-37-49(60(5,6)7)38-52(57(51)65)61(8,9)10)46-33-47(35-48(34-46)59(2,3)4)53-36-45(30-31-62-53)43-26-24-42(25-27-43)40-18-13-11-14-19-40/h11-38,65H,1-10H3/i1D3. The summed E-state index contributed by atoms with van der Waals surface area (Å²) in [5.74, 6) is 0.581. The monoisotopic (exact) mass is 852 g/mol. The Morgan fingerprint density at radius 2 is 1.05 bits per heavy atom. The van der Waals surface area contributed by atoms with Gasteiger partial charge in [-0.2, -0.15) is 0 Å². The van der Waals surface area contributed by atoms with E-state index in [4.69, 9.17) is 14.1 Å². The van der Waals surface area contributed by atoms with Crippen molar-refractivity contribution in [1.82, 2.24) is 14.5 Å². The topological polar surface area (TPSA) is 50.9 Å². The largest absolute Gasteiger partial charge is 0.507 e. The Labute approximate surface area is 389 Å². The molecule has 9 aromatic rings. The fourth-order valence-corrected chi connectivity index (χ4v) is 8.73. The van der Waals surface area contributed by atoms with E-state index in [9.17, 15) is 5.11 Å². The molecule has 324 valence electrons.